The molecule has 3 aromatic rings. The molecular weight excluding hydrogens is 338 g/mol. The van der Waals surface area contributed by atoms with Crippen molar-refractivity contribution in [3.63, 3.8) is 0 Å². The van der Waals surface area contributed by atoms with Crippen LogP contribution in [-0.4, -0.2) is 46.2 Å². The number of aromatic nitrogens is 2. The van der Waals surface area contributed by atoms with Gasteiger partial charge in [0.05, 0.1) is 17.8 Å². The number of hydrogen-bond donors (Lipinski definition) is 0. The lowest BCUT2D eigenvalue weighted by molar-refractivity contribution is 0.00211. The van der Waals surface area contributed by atoms with E-state index in [-0.39, 0.29) is 12.0 Å². The Morgan fingerprint density at radius 1 is 1.26 bits per heavy atom. The number of carbonyl (C=O) groups excluding carboxylic acids is 1. The third-order valence-electron chi connectivity index (χ3n) is 5.07. The number of benzene rings is 1. The minimum absolute atomic E-state index is 0.0816. The van der Waals surface area contributed by atoms with E-state index in [0.29, 0.717) is 6.54 Å². The average molecular weight is 363 g/mol. The van der Waals surface area contributed by atoms with Crippen molar-refractivity contribution in [2.24, 2.45) is 0 Å². The van der Waals surface area contributed by atoms with Gasteiger partial charge in [-0.25, -0.2) is 4.52 Å². The summed E-state index contributed by atoms with van der Waals surface area (Å²) in [4.78, 5) is 15.0. The van der Waals surface area contributed by atoms with Gasteiger partial charge in [0.1, 0.15) is 0 Å². The molecule has 0 radical (unpaired) electrons. The molecule has 1 fully saturated rings. The molecule has 140 valence electrons. The zero-order valence-electron chi connectivity index (χ0n) is 15.7. The van der Waals surface area contributed by atoms with Crippen molar-refractivity contribution in [3.8, 4) is 11.1 Å². The summed E-state index contributed by atoms with van der Waals surface area (Å²) in [5.74, 6) is 0.0816. The van der Waals surface area contributed by atoms with Gasteiger partial charge in [0, 0.05) is 37.0 Å². The van der Waals surface area contributed by atoms with E-state index in [1.54, 1.807) is 0 Å². The summed E-state index contributed by atoms with van der Waals surface area (Å²) >= 11 is 0. The van der Waals surface area contributed by atoms with E-state index in [1.165, 1.54) is 0 Å². The number of likely N-dealkylation sites (tertiary alicyclic amines) is 1. The van der Waals surface area contributed by atoms with E-state index in [9.17, 15) is 4.79 Å². The number of fused-ring (bicyclic) bond motifs is 1. The molecule has 1 unspecified atom stereocenters. The van der Waals surface area contributed by atoms with Crippen LogP contribution in [-0.2, 0) is 4.74 Å². The normalized spacial score (nSPS) is 17.4. The molecule has 0 bridgehead atoms. The SMILES string of the molecule is CCCOC1CCCN(C(=O)c2cccc(-c3cnn4ccccc34)c2)C1. The highest BCUT2D eigenvalue weighted by Gasteiger charge is 2.25. The summed E-state index contributed by atoms with van der Waals surface area (Å²) in [6.07, 6.45) is 6.98. The molecule has 1 aliphatic rings. The number of pyridine rings is 1. The first-order chi connectivity index (χ1) is 13.3. The van der Waals surface area contributed by atoms with Gasteiger partial charge < -0.3 is 9.64 Å². The van der Waals surface area contributed by atoms with Crippen LogP contribution in [0, 0.1) is 0 Å². The first kappa shape index (κ1) is 17.7. The van der Waals surface area contributed by atoms with Crippen LogP contribution >= 0.6 is 0 Å². The molecule has 1 aromatic carbocycles. The molecule has 1 amide bonds. The van der Waals surface area contributed by atoms with Crippen LogP contribution in [0.3, 0.4) is 0 Å². The number of rotatable bonds is 5. The quantitative estimate of drug-likeness (QED) is 0.687. The van der Waals surface area contributed by atoms with Crippen molar-refractivity contribution < 1.29 is 9.53 Å². The maximum Gasteiger partial charge on any atom is 0.253 e. The van der Waals surface area contributed by atoms with Crippen molar-refractivity contribution in [2.45, 2.75) is 32.3 Å². The van der Waals surface area contributed by atoms with Gasteiger partial charge in [0.2, 0.25) is 0 Å². The summed E-state index contributed by atoms with van der Waals surface area (Å²) in [7, 11) is 0. The molecule has 27 heavy (non-hydrogen) atoms. The van der Waals surface area contributed by atoms with Gasteiger partial charge in [0.15, 0.2) is 0 Å². The van der Waals surface area contributed by atoms with Crippen LogP contribution in [0.2, 0.25) is 0 Å². The summed E-state index contributed by atoms with van der Waals surface area (Å²) < 4.78 is 7.73. The summed E-state index contributed by atoms with van der Waals surface area (Å²) in [6, 6.07) is 13.8. The number of carbonyl (C=O) groups is 1. The maximum atomic E-state index is 13.1. The molecule has 5 heteroatoms. The molecule has 2 aromatic heterocycles. The lowest BCUT2D eigenvalue weighted by Gasteiger charge is -2.32. The predicted octanol–water partition coefficient (Wildman–Crippen LogP) is 4.03. The average Bonchev–Trinajstić information content (AvgIpc) is 3.16. The second-order valence-corrected chi connectivity index (χ2v) is 7.06. The minimum atomic E-state index is 0.0816. The van der Waals surface area contributed by atoms with Crippen LogP contribution in [0.4, 0.5) is 0 Å². The topological polar surface area (TPSA) is 46.8 Å². The van der Waals surface area contributed by atoms with E-state index in [2.05, 4.69) is 12.0 Å². The van der Waals surface area contributed by atoms with E-state index in [1.807, 2.05) is 64.3 Å². The monoisotopic (exact) mass is 363 g/mol. The largest absolute Gasteiger partial charge is 0.376 e. The molecule has 0 aliphatic carbocycles. The fourth-order valence-corrected chi connectivity index (χ4v) is 3.70. The molecule has 4 rings (SSSR count). The van der Waals surface area contributed by atoms with Gasteiger partial charge in [-0.1, -0.05) is 25.1 Å². The number of ether oxygens (including phenoxy) is 1. The lowest BCUT2D eigenvalue weighted by Crippen LogP contribution is -2.43. The van der Waals surface area contributed by atoms with E-state index in [0.717, 1.165) is 54.6 Å². The highest BCUT2D eigenvalue weighted by molar-refractivity contribution is 5.96. The molecule has 1 atom stereocenters. The molecule has 1 aliphatic heterocycles. The number of hydrogen-bond acceptors (Lipinski definition) is 3. The predicted molar refractivity (Wildman–Crippen MR) is 106 cm³/mol. The molecule has 0 N–H and O–H groups in total. The van der Waals surface area contributed by atoms with Gasteiger partial charge in [-0.2, -0.15) is 5.10 Å². The zero-order valence-corrected chi connectivity index (χ0v) is 15.7. The van der Waals surface area contributed by atoms with Crippen molar-refractivity contribution >= 4 is 11.4 Å². The number of amides is 1. The molecular formula is C22H25N3O2. The standard InChI is InChI=1S/C22H25N3O2/c1-2-13-27-19-9-6-11-24(16-19)22(26)18-8-5-7-17(14-18)20-15-23-25-12-4-3-10-21(20)25/h3-5,7-8,10,12,14-15,19H,2,6,9,11,13,16H2,1H3. The van der Waals surface area contributed by atoms with E-state index in [4.69, 9.17) is 4.74 Å². The smallest absolute Gasteiger partial charge is 0.253 e. The Morgan fingerprint density at radius 3 is 3.07 bits per heavy atom. The zero-order chi connectivity index (χ0) is 18.6. The van der Waals surface area contributed by atoms with Crippen molar-refractivity contribution in [1.82, 2.24) is 14.5 Å². The Kier molecular flexibility index (Phi) is 5.21. The van der Waals surface area contributed by atoms with Crippen molar-refractivity contribution in [2.75, 3.05) is 19.7 Å². The van der Waals surface area contributed by atoms with Gasteiger partial charge in [-0.3, -0.25) is 4.79 Å². The van der Waals surface area contributed by atoms with E-state index >= 15 is 0 Å². The Balaban J connectivity index is 1.56. The van der Waals surface area contributed by atoms with Crippen LogP contribution in [0.15, 0.2) is 54.9 Å². The van der Waals surface area contributed by atoms with Crippen molar-refractivity contribution in [1.29, 1.82) is 0 Å². The van der Waals surface area contributed by atoms with Crippen LogP contribution < -0.4 is 0 Å². The second-order valence-electron chi connectivity index (χ2n) is 7.06. The lowest BCUT2D eigenvalue weighted by atomic mass is 10.0. The maximum absolute atomic E-state index is 13.1. The Labute approximate surface area is 159 Å². The second kappa shape index (κ2) is 7.92. The summed E-state index contributed by atoms with van der Waals surface area (Å²) in [5.41, 5.74) is 3.80. The third kappa shape index (κ3) is 3.74. The Bertz CT molecular complexity index is 934. The summed E-state index contributed by atoms with van der Waals surface area (Å²) in [6.45, 7) is 4.35. The molecule has 0 spiro atoms. The minimum Gasteiger partial charge on any atom is -0.376 e. The molecule has 3 heterocycles. The Morgan fingerprint density at radius 2 is 2.19 bits per heavy atom. The van der Waals surface area contributed by atoms with Crippen molar-refractivity contribution in [3.05, 3.63) is 60.4 Å². The fourth-order valence-electron chi connectivity index (χ4n) is 3.70. The highest BCUT2D eigenvalue weighted by Crippen LogP contribution is 2.26. The third-order valence-corrected chi connectivity index (χ3v) is 5.07. The molecule has 1 saturated heterocycles. The first-order valence-electron chi connectivity index (χ1n) is 9.70. The molecule has 0 saturated carbocycles. The molecule has 5 nitrogen and oxygen atoms in total. The number of piperidine rings is 1. The van der Waals surface area contributed by atoms with Crippen LogP contribution in [0.5, 0.6) is 0 Å². The summed E-state index contributed by atoms with van der Waals surface area (Å²) in [5, 5.41) is 4.40. The fraction of sp³-hybridized carbons (Fsp3) is 0.364. The number of nitrogens with zero attached hydrogens (tertiary/aromatic N) is 3. The van der Waals surface area contributed by atoms with Gasteiger partial charge in [-0.15, -0.1) is 0 Å². The highest BCUT2D eigenvalue weighted by atomic mass is 16.5. The van der Waals surface area contributed by atoms with Crippen LogP contribution in [0.1, 0.15) is 36.5 Å². The van der Waals surface area contributed by atoms with Gasteiger partial charge >= 0.3 is 0 Å². The Hall–Kier alpha value is -2.66. The van der Waals surface area contributed by atoms with E-state index < -0.39 is 0 Å². The van der Waals surface area contributed by atoms with Crippen LogP contribution in [0.25, 0.3) is 16.6 Å². The first-order valence-corrected chi connectivity index (χ1v) is 9.70. The van der Waals surface area contributed by atoms with Gasteiger partial charge in [0.25, 0.3) is 5.91 Å². The van der Waals surface area contributed by atoms with Gasteiger partial charge in [-0.05, 0) is 49.1 Å².